The molecule has 2 amide bonds. The van der Waals surface area contributed by atoms with E-state index in [9.17, 15) is 18.4 Å². The highest BCUT2D eigenvalue weighted by atomic mass is 19.1. The van der Waals surface area contributed by atoms with Gasteiger partial charge in [-0.3, -0.25) is 14.7 Å². The second-order valence-corrected chi connectivity index (χ2v) is 6.79. The van der Waals surface area contributed by atoms with E-state index in [4.69, 9.17) is 9.47 Å². The SMILES string of the molecule is COCOC1CCC(NC(=O)c2[nH]ncc2NC(=O)c2cc(F)cc(F)c2)CC1. The predicted octanol–water partition coefficient (Wildman–Crippen LogP) is 2.60. The van der Waals surface area contributed by atoms with Gasteiger partial charge in [0.15, 0.2) is 0 Å². The normalized spacial score (nSPS) is 19.0. The number of nitrogens with one attached hydrogen (secondary N) is 3. The van der Waals surface area contributed by atoms with Crippen LogP contribution in [0.4, 0.5) is 14.5 Å². The van der Waals surface area contributed by atoms with Crippen molar-refractivity contribution in [1.82, 2.24) is 15.5 Å². The molecule has 0 unspecified atom stereocenters. The molecule has 1 aliphatic rings. The van der Waals surface area contributed by atoms with Crippen LogP contribution in [0.3, 0.4) is 0 Å². The maximum Gasteiger partial charge on any atom is 0.271 e. The molecule has 0 radical (unpaired) electrons. The molecule has 1 saturated carbocycles. The summed E-state index contributed by atoms with van der Waals surface area (Å²) in [6, 6.07) is 2.45. The average molecular weight is 408 g/mol. The fourth-order valence-electron chi connectivity index (χ4n) is 3.23. The molecule has 0 bridgehead atoms. The first kappa shape index (κ1) is 20.9. The number of benzene rings is 1. The zero-order valence-electron chi connectivity index (χ0n) is 15.8. The average Bonchev–Trinajstić information content (AvgIpc) is 3.15. The van der Waals surface area contributed by atoms with Crippen molar-refractivity contribution in [2.75, 3.05) is 19.2 Å². The van der Waals surface area contributed by atoms with Crippen LogP contribution < -0.4 is 10.6 Å². The van der Waals surface area contributed by atoms with Gasteiger partial charge in [0.05, 0.1) is 18.0 Å². The Labute approximate surface area is 166 Å². The van der Waals surface area contributed by atoms with Crippen molar-refractivity contribution in [1.29, 1.82) is 0 Å². The van der Waals surface area contributed by atoms with E-state index < -0.39 is 23.4 Å². The first-order chi connectivity index (χ1) is 14.0. The van der Waals surface area contributed by atoms with Gasteiger partial charge >= 0.3 is 0 Å². The Morgan fingerprint density at radius 2 is 1.83 bits per heavy atom. The quantitative estimate of drug-likeness (QED) is 0.611. The van der Waals surface area contributed by atoms with Crippen LogP contribution in [0.25, 0.3) is 0 Å². The van der Waals surface area contributed by atoms with Gasteiger partial charge in [-0.05, 0) is 37.8 Å². The molecule has 1 heterocycles. The van der Waals surface area contributed by atoms with E-state index in [1.54, 1.807) is 7.11 Å². The summed E-state index contributed by atoms with van der Waals surface area (Å²) in [6.07, 6.45) is 4.46. The number of carbonyl (C=O) groups is 2. The van der Waals surface area contributed by atoms with Crippen LogP contribution in [0.5, 0.6) is 0 Å². The molecule has 1 aliphatic carbocycles. The van der Waals surface area contributed by atoms with Crippen LogP contribution in [0.1, 0.15) is 46.5 Å². The topological polar surface area (TPSA) is 105 Å². The fraction of sp³-hybridized carbons (Fsp3) is 0.421. The zero-order chi connectivity index (χ0) is 20.8. The lowest BCUT2D eigenvalue weighted by Gasteiger charge is -2.28. The molecule has 0 aliphatic heterocycles. The lowest BCUT2D eigenvalue weighted by atomic mass is 9.93. The Morgan fingerprint density at radius 3 is 2.48 bits per heavy atom. The summed E-state index contributed by atoms with van der Waals surface area (Å²) in [6.45, 7) is 0.244. The van der Waals surface area contributed by atoms with Crippen LogP contribution in [0.15, 0.2) is 24.4 Å². The summed E-state index contributed by atoms with van der Waals surface area (Å²) >= 11 is 0. The van der Waals surface area contributed by atoms with Crippen molar-refractivity contribution in [2.24, 2.45) is 0 Å². The minimum Gasteiger partial charge on any atom is -0.359 e. The third-order valence-corrected chi connectivity index (χ3v) is 4.67. The maximum absolute atomic E-state index is 13.3. The minimum atomic E-state index is -0.870. The number of amides is 2. The van der Waals surface area contributed by atoms with Gasteiger partial charge in [0.25, 0.3) is 11.8 Å². The van der Waals surface area contributed by atoms with Crippen LogP contribution in [-0.2, 0) is 9.47 Å². The van der Waals surface area contributed by atoms with Gasteiger partial charge in [-0.25, -0.2) is 8.78 Å². The summed E-state index contributed by atoms with van der Waals surface area (Å²) < 4.78 is 37.0. The van der Waals surface area contributed by atoms with Crippen molar-refractivity contribution in [2.45, 2.75) is 37.8 Å². The van der Waals surface area contributed by atoms with E-state index in [0.29, 0.717) is 6.07 Å². The fourth-order valence-corrected chi connectivity index (χ4v) is 3.23. The highest BCUT2D eigenvalue weighted by Crippen LogP contribution is 2.22. The number of aromatic nitrogens is 2. The number of ether oxygens (including phenoxy) is 2. The smallest absolute Gasteiger partial charge is 0.271 e. The number of hydrogen-bond acceptors (Lipinski definition) is 5. The van der Waals surface area contributed by atoms with Gasteiger partial charge in [-0.1, -0.05) is 0 Å². The highest BCUT2D eigenvalue weighted by Gasteiger charge is 2.25. The number of anilines is 1. The van der Waals surface area contributed by atoms with Crippen molar-refractivity contribution in [3.05, 3.63) is 47.3 Å². The van der Waals surface area contributed by atoms with E-state index in [0.717, 1.165) is 37.8 Å². The molecule has 29 heavy (non-hydrogen) atoms. The molecular formula is C19H22F2N4O4. The van der Waals surface area contributed by atoms with Crippen molar-refractivity contribution in [3.8, 4) is 0 Å². The molecule has 156 valence electrons. The Morgan fingerprint density at radius 1 is 1.14 bits per heavy atom. The monoisotopic (exact) mass is 408 g/mol. The molecule has 10 heteroatoms. The second-order valence-electron chi connectivity index (χ2n) is 6.79. The molecule has 3 rings (SSSR count). The van der Waals surface area contributed by atoms with Gasteiger partial charge in [0, 0.05) is 24.8 Å². The van der Waals surface area contributed by atoms with E-state index in [2.05, 4.69) is 20.8 Å². The predicted molar refractivity (Wildman–Crippen MR) is 99.4 cm³/mol. The molecule has 0 atom stereocenters. The zero-order valence-corrected chi connectivity index (χ0v) is 15.8. The highest BCUT2D eigenvalue weighted by molar-refractivity contribution is 6.08. The lowest BCUT2D eigenvalue weighted by Crippen LogP contribution is -2.39. The summed E-state index contributed by atoms with van der Waals surface area (Å²) in [7, 11) is 1.57. The maximum atomic E-state index is 13.3. The van der Waals surface area contributed by atoms with Gasteiger partial charge in [-0.2, -0.15) is 5.10 Å². The largest absolute Gasteiger partial charge is 0.359 e. The standard InChI is InChI=1S/C19H22F2N4O4/c1-28-10-29-15-4-2-14(3-5-15)23-19(27)17-16(9-22-25-17)24-18(26)11-6-12(20)8-13(21)7-11/h6-9,14-15H,2-5,10H2,1H3,(H,22,25)(H,23,27)(H,24,26). The van der Waals surface area contributed by atoms with E-state index in [1.165, 1.54) is 6.20 Å². The molecule has 0 spiro atoms. The Hall–Kier alpha value is -2.85. The van der Waals surface area contributed by atoms with Gasteiger partial charge in [-0.15, -0.1) is 0 Å². The number of nitrogens with zero attached hydrogens (tertiary/aromatic N) is 1. The molecule has 1 aromatic carbocycles. The molecule has 1 fully saturated rings. The molecular weight excluding hydrogens is 386 g/mol. The number of methoxy groups -OCH3 is 1. The third kappa shape index (κ3) is 5.58. The van der Waals surface area contributed by atoms with Gasteiger partial charge < -0.3 is 20.1 Å². The third-order valence-electron chi connectivity index (χ3n) is 4.67. The summed E-state index contributed by atoms with van der Waals surface area (Å²) in [5.74, 6) is -2.92. The molecule has 0 saturated heterocycles. The van der Waals surface area contributed by atoms with Crippen LogP contribution >= 0.6 is 0 Å². The Bertz CT molecular complexity index is 845. The Kier molecular flexibility index (Phi) is 6.89. The Balaban J connectivity index is 1.58. The van der Waals surface area contributed by atoms with Crippen molar-refractivity contribution >= 4 is 17.5 Å². The molecule has 3 N–H and O–H groups in total. The van der Waals surface area contributed by atoms with Crippen LogP contribution in [0, 0.1) is 11.6 Å². The molecule has 8 nitrogen and oxygen atoms in total. The van der Waals surface area contributed by atoms with E-state index in [1.807, 2.05) is 0 Å². The van der Waals surface area contributed by atoms with Crippen molar-refractivity contribution < 1.29 is 27.8 Å². The lowest BCUT2D eigenvalue weighted by molar-refractivity contribution is -0.0837. The van der Waals surface area contributed by atoms with E-state index in [-0.39, 0.29) is 35.9 Å². The van der Waals surface area contributed by atoms with Crippen LogP contribution in [-0.4, -0.2) is 48.1 Å². The summed E-state index contributed by atoms with van der Waals surface area (Å²) in [4.78, 5) is 24.8. The molecule has 1 aromatic heterocycles. The number of carbonyl (C=O) groups excluding carboxylic acids is 2. The first-order valence-corrected chi connectivity index (χ1v) is 9.18. The van der Waals surface area contributed by atoms with Gasteiger partial charge in [0.1, 0.15) is 24.1 Å². The second kappa shape index (κ2) is 9.57. The number of hydrogen-bond donors (Lipinski definition) is 3. The van der Waals surface area contributed by atoms with E-state index >= 15 is 0 Å². The molecule has 2 aromatic rings. The van der Waals surface area contributed by atoms with Crippen molar-refractivity contribution in [3.63, 3.8) is 0 Å². The van der Waals surface area contributed by atoms with Crippen LogP contribution in [0.2, 0.25) is 0 Å². The number of aromatic amines is 1. The number of rotatable bonds is 7. The summed E-state index contributed by atoms with van der Waals surface area (Å²) in [5, 5.41) is 11.7. The van der Waals surface area contributed by atoms with Gasteiger partial charge in [0.2, 0.25) is 0 Å². The first-order valence-electron chi connectivity index (χ1n) is 9.18. The minimum absolute atomic E-state index is 0.0333. The summed E-state index contributed by atoms with van der Waals surface area (Å²) in [5.41, 5.74) is -0.0216. The number of H-pyrrole nitrogens is 1. The number of halogens is 2.